The van der Waals surface area contributed by atoms with Crippen molar-refractivity contribution in [1.82, 2.24) is 25.2 Å². The van der Waals surface area contributed by atoms with E-state index in [1.807, 2.05) is 6.07 Å². The summed E-state index contributed by atoms with van der Waals surface area (Å²) < 4.78 is 1.27. The molecule has 1 saturated carbocycles. The van der Waals surface area contributed by atoms with Gasteiger partial charge in [-0.15, -0.1) is 5.10 Å². The molecular weight excluding hydrogens is 318 g/mol. The van der Waals surface area contributed by atoms with Crippen LogP contribution in [-0.4, -0.2) is 51.5 Å². The van der Waals surface area contributed by atoms with Crippen LogP contribution in [0, 0.1) is 5.92 Å². The summed E-state index contributed by atoms with van der Waals surface area (Å²) in [5.41, 5.74) is 0.379. The van der Waals surface area contributed by atoms with Gasteiger partial charge in [-0.05, 0) is 43.9 Å². The van der Waals surface area contributed by atoms with Crippen molar-refractivity contribution < 1.29 is 4.79 Å². The van der Waals surface area contributed by atoms with Crippen LogP contribution in [0.25, 0.3) is 10.9 Å². The zero-order valence-corrected chi connectivity index (χ0v) is 14.2. The highest BCUT2D eigenvalue weighted by Gasteiger charge is 2.34. The van der Waals surface area contributed by atoms with Crippen LogP contribution in [0.4, 0.5) is 0 Å². The van der Waals surface area contributed by atoms with E-state index in [1.54, 1.807) is 18.2 Å². The van der Waals surface area contributed by atoms with E-state index in [-0.39, 0.29) is 24.4 Å². The maximum atomic E-state index is 12.3. The van der Waals surface area contributed by atoms with Gasteiger partial charge in [-0.25, -0.2) is 4.68 Å². The predicted molar refractivity (Wildman–Crippen MR) is 94.1 cm³/mol. The van der Waals surface area contributed by atoms with Crippen LogP contribution < -0.4 is 10.9 Å². The van der Waals surface area contributed by atoms with Gasteiger partial charge in [-0.3, -0.25) is 9.59 Å². The van der Waals surface area contributed by atoms with E-state index in [0.29, 0.717) is 16.8 Å². The Morgan fingerprint density at radius 1 is 1.24 bits per heavy atom. The molecule has 7 nitrogen and oxygen atoms in total. The SMILES string of the molecule is O=C(CCn1nnc2ccccc2c1=O)NC[C@@H]1CCN(C2CC2)C1. The molecule has 25 heavy (non-hydrogen) atoms. The summed E-state index contributed by atoms with van der Waals surface area (Å²) in [6.07, 6.45) is 4.07. The molecule has 1 saturated heterocycles. The molecule has 1 aliphatic heterocycles. The molecule has 0 radical (unpaired) electrons. The third-order valence-electron chi connectivity index (χ3n) is 5.15. The zero-order valence-electron chi connectivity index (χ0n) is 14.2. The van der Waals surface area contributed by atoms with Gasteiger partial charge in [0.25, 0.3) is 5.56 Å². The quantitative estimate of drug-likeness (QED) is 0.840. The first-order chi connectivity index (χ1) is 12.2. The number of likely N-dealkylation sites (tertiary alicyclic amines) is 1. The Kier molecular flexibility index (Phi) is 4.48. The molecule has 2 aromatic rings. The molecule has 0 spiro atoms. The van der Waals surface area contributed by atoms with Crippen molar-refractivity contribution in [2.75, 3.05) is 19.6 Å². The van der Waals surface area contributed by atoms with Gasteiger partial charge in [0.1, 0.15) is 5.52 Å². The Morgan fingerprint density at radius 3 is 2.92 bits per heavy atom. The van der Waals surface area contributed by atoms with Crippen LogP contribution in [0.1, 0.15) is 25.7 Å². The summed E-state index contributed by atoms with van der Waals surface area (Å²) in [7, 11) is 0. The standard InChI is InChI=1S/C18H23N5O2/c24-17(19-11-13-7-9-22(12-13)14-5-6-14)8-10-23-18(25)15-3-1-2-4-16(15)20-21-23/h1-4,13-14H,5-12H2,(H,19,24)/t13-/m0/s1. The van der Waals surface area contributed by atoms with E-state index in [9.17, 15) is 9.59 Å². The normalized spacial score (nSPS) is 20.9. The lowest BCUT2D eigenvalue weighted by atomic mass is 10.1. The molecule has 0 unspecified atom stereocenters. The number of hydrogen-bond donors (Lipinski definition) is 1. The smallest absolute Gasteiger partial charge is 0.277 e. The first kappa shape index (κ1) is 16.2. The lowest BCUT2D eigenvalue weighted by molar-refractivity contribution is -0.121. The minimum absolute atomic E-state index is 0.0354. The maximum Gasteiger partial charge on any atom is 0.277 e. The number of fused-ring (bicyclic) bond motifs is 1. The molecule has 1 aliphatic carbocycles. The minimum atomic E-state index is -0.200. The molecule has 4 rings (SSSR count). The average molecular weight is 341 g/mol. The van der Waals surface area contributed by atoms with Crippen molar-refractivity contribution in [3.63, 3.8) is 0 Å². The largest absolute Gasteiger partial charge is 0.356 e. The molecule has 132 valence electrons. The first-order valence-corrected chi connectivity index (χ1v) is 9.04. The average Bonchev–Trinajstić information content (AvgIpc) is 3.38. The number of rotatable bonds is 6. The van der Waals surface area contributed by atoms with Gasteiger partial charge in [0, 0.05) is 25.6 Å². The molecule has 7 heteroatoms. The summed E-state index contributed by atoms with van der Waals surface area (Å²) in [5.74, 6) is 0.513. The maximum absolute atomic E-state index is 12.3. The number of nitrogens with one attached hydrogen (secondary N) is 1. The number of amides is 1. The Balaban J connectivity index is 1.27. The number of carbonyl (C=O) groups excluding carboxylic acids is 1. The molecular formula is C18H23N5O2. The van der Waals surface area contributed by atoms with E-state index in [1.165, 1.54) is 17.5 Å². The number of nitrogens with zero attached hydrogens (tertiary/aromatic N) is 4. The lowest BCUT2D eigenvalue weighted by Crippen LogP contribution is -2.33. The van der Waals surface area contributed by atoms with Crippen LogP contribution in [0.3, 0.4) is 0 Å². The summed E-state index contributed by atoms with van der Waals surface area (Å²) >= 11 is 0. The molecule has 1 N–H and O–H groups in total. The van der Waals surface area contributed by atoms with E-state index in [4.69, 9.17) is 0 Å². The first-order valence-electron chi connectivity index (χ1n) is 9.04. The molecule has 1 aromatic carbocycles. The van der Waals surface area contributed by atoms with Crippen molar-refractivity contribution in [2.24, 2.45) is 5.92 Å². The van der Waals surface area contributed by atoms with Gasteiger partial charge in [-0.2, -0.15) is 0 Å². The second kappa shape index (κ2) is 6.92. The van der Waals surface area contributed by atoms with Crippen molar-refractivity contribution in [3.8, 4) is 0 Å². The second-order valence-corrected chi connectivity index (χ2v) is 7.07. The summed E-state index contributed by atoms with van der Waals surface area (Å²) in [5, 5.41) is 11.5. The van der Waals surface area contributed by atoms with Crippen molar-refractivity contribution in [2.45, 2.75) is 38.3 Å². The molecule has 1 atom stereocenters. The predicted octanol–water partition coefficient (Wildman–Crippen LogP) is 0.782. The third-order valence-corrected chi connectivity index (χ3v) is 5.15. The van der Waals surface area contributed by atoms with Crippen LogP contribution in [0.15, 0.2) is 29.1 Å². The van der Waals surface area contributed by atoms with Gasteiger partial charge in [0.2, 0.25) is 5.91 Å². The van der Waals surface area contributed by atoms with Gasteiger partial charge in [0.15, 0.2) is 0 Å². The Labute approximate surface area is 146 Å². The summed E-state index contributed by atoms with van der Waals surface area (Å²) in [4.78, 5) is 27.0. The van der Waals surface area contributed by atoms with Crippen LogP contribution in [0.2, 0.25) is 0 Å². The van der Waals surface area contributed by atoms with Crippen molar-refractivity contribution in [1.29, 1.82) is 0 Å². The van der Waals surface area contributed by atoms with Crippen LogP contribution >= 0.6 is 0 Å². The second-order valence-electron chi connectivity index (χ2n) is 7.07. The summed E-state index contributed by atoms with van der Waals surface area (Å²) in [6, 6.07) is 7.91. The van der Waals surface area contributed by atoms with Crippen LogP contribution in [0.5, 0.6) is 0 Å². The number of aryl methyl sites for hydroxylation is 1. The highest BCUT2D eigenvalue weighted by molar-refractivity contribution is 5.77. The summed E-state index contributed by atoms with van der Waals surface area (Å²) in [6.45, 7) is 3.23. The number of aromatic nitrogens is 3. The zero-order chi connectivity index (χ0) is 17.2. The highest BCUT2D eigenvalue weighted by atomic mass is 16.2. The Hall–Kier alpha value is -2.28. The minimum Gasteiger partial charge on any atom is -0.356 e. The fraction of sp³-hybridized carbons (Fsp3) is 0.556. The molecule has 2 aliphatic rings. The van der Waals surface area contributed by atoms with E-state index in [0.717, 1.165) is 32.1 Å². The fourth-order valence-electron chi connectivity index (χ4n) is 3.52. The topological polar surface area (TPSA) is 80.1 Å². The van der Waals surface area contributed by atoms with Gasteiger partial charge in [-0.1, -0.05) is 17.3 Å². The Morgan fingerprint density at radius 2 is 2.08 bits per heavy atom. The Bertz CT molecular complexity index is 830. The van der Waals surface area contributed by atoms with E-state index < -0.39 is 0 Å². The lowest BCUT2D eigenvalue weighted by Gasteiger charge is -2.15. The van der Waals surface area contributed by atoms with Gasteiger partial charge >= 0.3 is 0 Å². The number of benzene rings is 1. The highest BCUT2D eigenvalue weighted by Crippen LogP contribution is 2.31. The van der Waals surface area contributed by atoms with Gasteiger partial charge < -0.3 is 10.2 Å². The number of hydrogen-bond acceptors (Lipinski definition) is 5. The van der Waals surface area contributed by atoms with Gasteiger partial charge in [0.05, 0.1) is 11.9 Å². The van der Waals surface area contributed by atoms with Crippen molar-refractivity contribution >= 4 is 16.8 Å². The third kappa shape index (κ3) is 3.71. The van der Waals surface area contributed by atoms with Crippen LogP contribution in [-0.2, 0) is 11.3 Å². The number of carbonyl (C=O) groups is 1. The fourth-order valence-corrected chi connectivity index (χ4v) is 3.52. The van der Waals surface area contributed by atoms with E-state index in [2.05, 4.69) is 20.5 Å². The monoisotopic (exact) mass is 341 g/mol. The molecule has 0 bridgehead atoms. The molecule has 1 amide bonds. The van der Waals surface area contributed by atoms with Crippen molar-refractivity contribution in [3.05, 3.63) is 34.6 Å². The van der Waals surface area contributed by atoms with E-state index >= 15 is 0 Å². The molecule has 2 heterocycles. The molecule has 2 fully saturated rings. The molecule has 1 aromatic heterocycles.